The number of rotatable bonds is 2. The lowest BCUT2D eigenvalue weighted by molar-refractivity contribution is 0.00578. The molecule has 0 spiro atoms. The number of hydrogen-bond donors (Lipinski definition) is 1. The van der Waals surface area contributed by atoms with Crippen LogP contribution in [0.15, 0.2) is 24.2 Å². The monoisotopic (exact) mass is 264 g/mol. The minimum atomic E-state index is -0.502. The second kappa shape index (κ2) is 4.65. The van der Waals surface area contributed by atoms with Gasteiger partial charge in [0.1, 0.15) is 11.6 Å². The van der Waals surface area contributed by atoms with Gasteiger partial charge in [-0.2, -0.15) is 0 Å². The molecule has 1 aliphatic heterocycles. The molecule has 5 heteroatoms. The number of phenolic OH excluding ortho intramolecular Hbond substituents is 1. The standard InChI is InChI=1S/C14H18BFO3/c1-13(2)14(3,4)19-15(18-13)8-7-10-5-6-11(17)9-12(10)16/h5-9,17H,1-4H3/b8-7+. The number of halogens is 1. The first-order chi connectivity index (χ1) is 8.71. The van der Waals surface area contributed by atoms with E-state index < -0.39 is 24.1 Å². The summed E-state index contributed by atoms with van der Waals surface area (Å²) in [6, 6.07) is 4.02. The van der Waals surface area contributed by atoms with Gasteiger partial charge in [-0.15, -0.1) is 0 Å². The summed E-state index contributed by atoms with van der Waals surface area (Å²) in [5.74, 6) is 1.10. The van der Waals surface area contributed by atoms with Crippen LogP contribution in [0.3, 0.4) is 0 Å². The maximum Gasteiger partial charge on any atom is 0.487 e. The molecule has 1 heterocycles. The van der Waals surface area contributed by atoms with E-state index in [-0.39, 0.29) is 5.75 Å². The maximum absolute atomic E-state index is 13.5. The molecule has 0 aliphatic carbocycles. The number of phenols is 1. The van der Waals surface area contributed by atoms with E-state index in [0.717, 1.165) is 6.07 Å². The highest BCUT2D eigenvalue weighted by Crippen LogP contribution is 2.37. The largest absolute Gasteiger partial charge is 0.508 e. The van der Waals surface area contributed by atoms with Crippen LogP contribution in [0.1, 0.15) is 33.3 Å². The van der Waals surface area contributed by atoms with Crippen molar-refractivity contribution < 1.29 is 18.8 Å². The van der Waals surface area contributed by atoms with E-state index in [0.29, 0.717) is 5.56 Å². The van der Waals surface area contributed by atoms with Crippen LogP contribution in [0, 0.1) is 5.82 Å². The Balaban J connectivity index is 2.13. The van der Waals surface area contributed by atoms with Crippen molar-refractivity contribution in [2.45, 2.75) is 38.9 Å². The molecule has 2 rings (SSSR count). The fourth-order valence-corrected chi connectivity index (χ4v) is 1.80. The molecule has 0 aromatic heterocycles. The fraction of sp³-hybridized carbons (Fsp3) is 0.429. The Morgan fingerprint density at radius 1 is 1.16 bits per heavy atom. The molecule has 1 N–H and O–H groups in total. The van der Waals surface area contributed by atoms with Crippen LogP contribution in [0.25, 0.3) is 6.08 Å². The molecule has 0 saturated carbocycles. The van der Waals surface area contributed by atoms with Gasteiger partial charge in [-0.05, 0) is 39.8 Å². The lowest BCUT2D eigenvalue weighted by atomic mass is 9.89. The normalized spacial score (nSPS) is 21.2. The van der Waals surface area contributed by atoms with Crippen molar-refractivity contribution in [1.82, 2.24) is 0 Å². The van der Waals surface area contributed by atoms with Crippen molar-refractivity contribution in [2.75, 3.05) is 0 Å². The van der Waals surface area contributed by atoms with Crippen LogP contribution in [-0.2, 0) is 9.31 Å². The van der Waals surface area contributed by atoms with Crippen molar-refractivity contribution in [2.24, 2.45) is 0 Å². The number of benzene rings is 1. The Labute approximate surface area is 113 Å². The Morgan fingerprint density at radius 2 is 1.74 bits per heavy atom. The van der Waals surface area contributed by atoms with E-state index in [1.165, 1.54) is 12.1 Å². The van der Waals surface area contributed by atoms with Crippen LogP contribution >= 0.6 is 0 Å². The number of hydrogen-bond acceptors (Lipinski definition) is 3. The van der Waals surface area contributed by atoms with Gasteiger partial charge in [0.05, 0.1) is 11.2 Å². The molecule has 3 nitrogen and oxygen atoms in total. The summed E-state index contributed by atoms with van der Waals surface area (Å²) in [5, 5.41) is 9.14. The molecule has 0 radical (unpaired) electrons. The van der Waals surface area contributed by atoms with Gasteiger partial charge in [-0.1, -0.05) is 12.1 Å². The van der Waals surface area contributed by atoms with Gasteiger partial charge in [-0.3, -0.25) is 0 Å². The molecule has 1 saturated heterocycles. The molecule has 19 heavy (non-hydrogen) atoms. The highest BCUT2D eigenvalue weighted by molar-refractivity contribution is 6.52. The summed E-state index contributed by atoms with van der Waals surface area (Å²) in [4.78, 5) is 0. The van der Waals surface area contributed by atoms with Crippen molar-refractivity contribution >= 4 is 13.2 Å². The van der Waals surface area contributed by atoms with Gasteiger partial charge in [-0.25, -0.2) is 4.39 Å². The summed E-state index contributed by atoms with van der Waals surface area (Å²) >= 11 is 0. The van der Waals surface area contributed by atoms with Gasteiger partial charge in [0.2, 0.25) is 0 Å². The first-order valence-electron chi connectivity index (χ1n) is 6.24. The van der Waals surface area contributed by atoms with Crippen molar-refractivity contribution in [3.8, 4) is 5.75 Å². The third-order valence-electron chi connectivity index (χ3n) is 3.69. The lowest BCUT2D eigenvalue weighted by Crippen LogP contribution is -2.41. The molecule has 0 unspecified atom stereocenters. The fourth-order valence-electron chi connectivity index (χ4n) is 1.80. The molecule has 1 aromatic carbocycles. The molecule has 0 amide bonds. The average molecular weight is 264 g/mol. The van der Waals surface area contributed by atoms with Gasteiger partial charge in [0.25, 0.3) is 0 Å². The van der Waals surface area contributed by atoms with Crippen LogP contribution in [0.5, 0.6) is 5.75 Å². The van der Waals surface area contributed by atoms with E-state index >= 15 is 0 Å². The second-order valence-corrected chi connectivity index (χ2v) is 5.69. The number of aromatic hydroxyl groups is 1. The molecule has 1 aromatic rings. The summed E-state index contributed by atoms with van der Waals surface area (Å²) in [6.07, 6.45) is 1.59. The average Bonchev–Trinajstić information content (AvgIpc) is 2.46. The van der Waals surface area contributed by atoms with E-state index in [4.69, 9.17) is 14.4 Å². The van der Waals surface area contributed by atoms with E-state index in [1.807, 2.05) is 27.7 Å². The maximum atomic E-state index is 13.5. The quantitative estimate of drug-likeness (QED) is 0.834. The second-order valence-electron chi connectivity index (χ2n) is 5.69. The summed E-state index contributed by atoms with van der Waals surface area (Å²) in [5.41, 5.74) is -0.433. The Bertz CT molecular complexity index is 495. The first kappa shape index (κ1) is 14.1. The zero-order valence-electron chi connectivity index (χ0n) is 11.6. The minimum Gasteiger partial charge on any atom is -0.508 e. The SMILES string of the molecule is CC1(C)OB(/C=C/c2ccc(O)cc2F)OC1(C)C. The van der Waals surface area contributed by atoms with Crippen molar-refractivity contribution in [1.29, 1.82) is 0 Å². The molecule has 0 bridgehead atoms. The van der Waals surface area contributed by atoms with Crippen molar-refractivity contribution in [3.05, 3.63) is 35.6 Å². The van der Waals surface area contributed by atoms with E-state index in [2.05, 4.69) is 0 Å². The molecule has 102 valence electrons. The summed E-state index contributed by atoms with van der Waals surface area (Å²) in [6.45, 7) is 7.84. The Kier molecular flexibility index (Phi) is 3.45. The Morgan fingerprint density at radius 3 is 2.26 bits per heavy atom. The Hall–Kier alpha value is -1.33. The van der Waals surface area contributed by atoms with Gasteiger partial charge in [0, 0.05) is 11.6 Å². The first-order valence-corrected chi connectivity index (χ1v) is 6.24. The summed E-state index contributed by atoms with van der Waals surface area (Å²) < 4.78 is 25.1. The molecule has 1 aliphatic rings. The van der Waals surface area contributed by atoms with Crippen LogP contribution in [0.4, 0.5) is 4.39 Å². The minimum absolute atomic E-state index is 0.0923. The van der Waals surface area contributed by atoms with Gasteiger partial charge >= 0.3 is 7.12 Å². The highest BCUT2D eigenvalue weighted by atomic mass is 19.1. The lowest BCUT2D eigenvalue weighted by Gasteiger charge is -2.32. The highest BCUT2D eigenvalue weighted by Gasteiger charge is 2.49. The van der Waals surface area contributed by atoms with Crippen molar-refractivity contribution in [3.63, 3.8) is 0 Å². The van der Waals surface area contributed by atoms with E-state index in [9.17, 15) is 4.39 Å². The molecule has 1 fully saturated rings. The smallest absolute Gasteiger partial charge is 0.487 e. The summed E-state index contributed by atoms with van der Waals surface area (Å²) in [7, 11) is -0.502. The third kappa shape index (κ3) is 2.82. The van der Waals surface area contributed by atoms with Crippen LogP contribution in [0.2, 0.25) is 0 Å². The van der Waals surface area contributed by atoms with E-state index in [1.54, 1.807) is 12.1 Å². The van der Waals surface area contributed by atoms with Gasteiger partial charge in [0.15, 0.2) is 0 Å². The molecular formula is C14H18BFO3. The zero-order chi connectivity index (χ0) is 14.3. The predicted molar refractivity (Wildman–Crippen MR) is 73.2 cm³/mol. The predicted octanol–water partition coefficient (Wildman–Crippen LogP) is 3.18. The molecule has 0 atom stereocenters. The zero-order valence-corrected chi connectivity index (χ0v) is 11.6. The van der Waals surface area contributed by atoms with Crippen LogP contribution < -0.4 is 0 Å². The topological polar surface area (TPSA) is 38.7 Å². The molecular weight excluding hydrogens is 246 g/mol. The van der Waals surface area contributed by atoms with Crippen LogP contribution in [-0.4, -0.2) is 23.4 Å². The third-order valence-corrected chi connectivity index (χ3v) is 3.69. The van der Waals surface area contributed by atoms with Gasteiger partial charge < -0.3 is 14.4 Å².